The Morgan fingerprint density at radius 2 is 1.97 bits per heavy atom. The molecule has 10 nitrogen and oxygen atoms in total. The van der Waals surface area contributed by atoms with E-state index in [0.717, 1.165) is 31.5 Å². The summed E-state index contributed by atoms with van der Waals surface area (Å²) in [6.45, 7) is 1.30. The number of carbonyl (C=O) groups is 1. The highest BCUT2D eigenvalue weighted by atomic mass is 16.5. The van der Waals surface area contributed by atoms with Crippen LogP contribution in [0.25, 0.3) is 11.2 Å². The molecule has 0 spiro atoms. The SMILES string of the molecule is COC(=O)c1ccc(CCCCn2cc(Cn3cnc4c(N)ncnc43)nn2)cc1. The number of anilines is 1. The van der Waals surface area contributed by atoms with Crippen molar-refractivity contribution in [1.82, 2.24) is 34.5 Å². The predicted octanol–water partition coefficient (Wildman–Crippen LogP) is 1.86. The fraction of sp³-hybridized carbons (Fsp3) is 0.300. The molecule has 0 unspecified atom stereocenters. The summed E-state index contributed by atoms with van der Waals surface area (Å²) in [7, 11) is 1.38. The van der Waals surface area contributed by atoms with Crippen molar-refractivity contribution in [2.75, 3.05) is 12.8 Å². The average molecular weight is 406 g/mol. The van der Waals surface area contributed by atoms with Crippen molar-refractivity contribution in [1.29, 1.82) is 0 Å². The zero-order valence-corrected chi connectivity index (χ0v) is 16.6. The molecule has 4 rings (SSSR count). The first-order valence-corrected chi connectivity index (χ1v) is 9.61. The zero-order chi connectivity index (χ0) is 20.9. The van der Waals surface area contributed by atoms with Crippen molar-refractivity contribution in [3.63, 3.8) is 0 Å². The Balaban J connectivity index is 1.27. The monoisotopic (exact) mass is 406 g/mol. The van der Waals surface area contributed by atoms with E-state index in [1.54, 1.807) is 18.5 Å². The molecule has 0 atom stereocenters. The summed E-state index contributed by atoms with van der Waals surface area (Å²) < 4.78 is 8.43. The van der Waals surface area contributed by atoms with E-state index in [9.17, 15) is 4.79 Å². The lowest BCUT2D eigenvalue weighted by atomic mass is 10.1. The highest BCUT2D eigenvalue weighted by Crippen LogP contribution is 2.15. The normalized spacial score (nSPS) is 11.1. The number of unbranched alkanes of at least 4 members (excludes halogenated alkanes) is 1. The van der Waals surface area contributed by atoms with E-state index in [4.69, 9.17) is 10.5 Å². The second-order valence-corrected chi connectivity index (χ2v) is 6.92. The molecular formula is C20H22N8O2. The Morgan fingerprint density at radius 1 is 1.13 bits per heavy atom. The number of aryl methyl sites for hydroxylation is 2. The van der Waals surface area contributed by atoms with Gasteiger partial charge in [-0.2, -0.15) is 0 Å². The third-order valence-electron chi connectivity index (χ3n) is 4.83. The summed E-state index contributed by atoms with van der Waals surface area (Å²) in [5, 5.41) is 8.44. The van der Waals surface area contributed by atoms with Crippen LogP contribution in [-0.4, -0.2) is 47.6 Å². The number of nitrogen functional groups attached to an aromatic ring is 1. The van der Waals surface area contributed by atoms with Crippen molar-refractivity contribution in [2.24, 2.45) is 0 Å². The van der Waals surface area contributed by atoms with Crippen LogP contribution in [0.3, 0.4) is 0 Å². The summed E-state index contributed by atoms with van der Waals surface area (Å²) >= 11 is 0. The number of nitrogens with two attached hydrogens (primary N) is 1. The third-order valence-corrected chi connectivity index (χ3v) is 4.83. The maximum atomic E-state index is 11.5. The van der Waals surface area contributed by atoms with Crippen LogP contribution in [-0.2, 0) is 24.2 Å². The molecule has 3 aromatic heterocycles. The van der Waals surface area contributed by atoms with Crippen molar-refractivity contribution < 1.29 is 9.53 Å². The molecule has 0 aliphatic heterocycles. The van der Waals surface area contributed by atoms with Crippen LogP contribution < -0.4 is 5.73 Å². The molecule has 30 heavy (non-hydrogen) atoms. The number of esters is 1. The van der Waals surface area contributed by atoms with Gasteiger partial charge in [-0.15, -0.1) is 5.10 Å². The molecule has 0 fully saturated rings. The molecule has 10 heteroatoms. The van der Waals surface area contributed by atoms with E-state index < -0.39 is 0 Å². The van der Waals surface area contributed by atoms with Crippen LogP contribution in [0, 0.1) is 0 Å². The number of carbonyl (C=O) groups excluding carboxylic acids is 1. The number of ether oxygens (including phenoxy) is 1. The van der Waals surface area contributed by atoms with Gasteiger partial charge in [0.25, 0.3) is 0 Å². The van der Waals surface area contributed by atoms with E-state index in [2.05, 4.69) is 25.3 Å². The van der Waals surface area contributed by atoms with Gasteiger partial charge < -0.3 is 15.0 Å². The van der Waals surface area contributed by atoms with Gasteiger partial charge in [0.1, 0.15) is 17.5 Å². The van der Waals surface area contributed by atoms with E-state index >= 15 is 0 Å². The Kier molecular flexibility index (Phi) is 5.64. The molecular weight excluding hydrogens is 384 g/mol. The molecule has 0 amide bonds. The summed E-state index contributed by atoms with van der Waals surface area (Å²) in [5.74, 6) is 0.0467. The van der Waals surface area contributed by atoms with Crippen LogP contribution >= 0.6 is 0 Å². The largest absolute Gasteiger partial charge is 0.465 e. The average Bonchev–Trinajstić information content (AvgIpc) is 3.39. The van der Waals surface area contributed by atoms with E-state index in [1.165, 1.54) is 19.0 Å². The van der Waals surface area contributed by atoms with Crippen LogP contribution in [0.5, 0.6) is 0 Å². The van der Waals surface area contributed by atoms with Gasteiger partial charge in [-0.05, 0) is 37.0 Å². The van der Waals surface area contributed by atoms with Crippen molar-refractivity contribution >= 4 is 23.0 Å². The van der Waals surface area contributed by atoms with Crippen molar-refractivity contribution in [2.45, 2.75) is 32.4 Å². The Morgan fingerprint density at radius 3 is 2.77 bits per heavy atom. The number of nitrogens with zero attached hydrogens (tertiary/aromatic N) is 7. The number of hydrogen-bond acceptors (Lipinski definition) is 8. The Hall–Kier alpha value is -3.82. The van der Waals surface area contributed by atoms with E-state index in [0.29, 0.717) is 29.1 Å². The maximum Gasteiger partial charge on any atom is 0.337 e. The molecule has 3 heterocycles. The highest BCUT2D eigenvalue weighted by molar-refractivity contribution is 5.89. The molecule has 0 aliphatic rings. The van der Waals surface area contributed by atoms with E-state index in [1.807, 2.05) is 27.6 Å². The summed E-state index contributed by atoms with van der Waals surface area (Å²) in [5.41, 5.74) is 9.67. The minimum atomic E-state index is -0.317. The van der Waals surface area contributed by atoms with Crippen molar-refractivity contribution in [3.8, 4) is 0 Å². The molecule has 0 aliphatic carbocycles. The van der Waals surface area contributed by atoms with Gasteiger partial charge >= 0.3 is 5.97 Å². The lowest BCUT2D eigenvalue weighted by molar-refractivity contribution is 0.0600. The number of hydrogen-bond donors (Lipinski definition) is 1. The first-order valence-electron chi connectivity index (χ1n) is 9.61. The minimum Gasteiger partial charge on any atom is -0.465 e. The third kappa shape index (κ3) is 4.27. The summed E-state index contributed by atoms with van der Waals surface area (Å²) in [6, 6.07) is 7.52. The number of methoxy groups -OCH3 is 1. The topological polar surface area (TPSA) is 127 Å². The molecule has 0 bridgehead atoms. The number of benzene rings is 1. The molecule has 154 valence electrons. The number of aromatic nitrogens is 7. The summed E-state index contributed by atoms with van der Waals surface area (Å²) in [6.07, 6.45) is 7.96. The molecule has 0 saturated heterocycles. The smallest absolute Gasteiger partial charge is 0.337 e. The van der Waals surface area contributed by atoms with Gasteiger partial charge in [0, 0.05) is 6.54 Å². The lowest BCUT2D eigenvalue weighted by Crippen LogP contribution is -2.02. The first kappa shape index (κ1) is 19.5. The standard InChI is InChI=1S/C20H22N8O2/c1-30-20(29)15-7-5-14(6-8-15)4-2-3-9-28-11-16(25-26-28)10-27-13-24-17-18(21)22-12-23-19(17)27/h5-8,11-13H,2-4,9-10H2,1H3,(H2,21,22,23). The van der Waals surface area contributed by atoms with Crippen molar-refractivity contribution in [3.05, 3.63) is 59.9 Å². The van der Waals surface area contributed by atoms with Gasteiger partial charge in [-0.3, -0.25) is 4.68 Å². The van der Waals surface area contributed by atoms with Gasteiger partial charge in [0.05, 0.1) is 31.7 Å². The quantitative estimate of drug-likeness (QED) is 0.347. The minimum absolute atomic E-state index is 0.317. The fourth-order valence-corrected chi connectivity index (χ4v) is 3.24. The zero-order valence-electron chi connectivity index (χ0n) is 16.6. The van der Waals surface area contributed by atoms with Crippen LogP contribution in [0.2, 0.25) is 0 Å². The second-order valence-electron chi connectivity index (χ2n) is 6.92. The number of fused-ring (bicyclic) bond motifs is 1. The molecule has 1 aromatic carbocycles. The second kappa shape index (κ2) is 8.68. The number of imidazole rings is 1. The Bertz CT molecular complexity index is 1150. The van der Waals surface area contributed by atoms with Gasteiger partial charge in [-0.1, -0.05) is 17.3 Å². The fourth-order valence-electron chi connectivity index (χ4n) is 3.24. The summed E-state index contributed by atoms with van der Waals surface area (Å²) in [4.78, 5) is 23.9. The lowest BCUT2D eigenvalue weighted by Gasteiger charge is -2.04. The van der Waals surface area contributed by atoms with Gasteiger partial charge in [-0.25, -0.2) is 19.7 Å². The first-order chi connectivity index (χ1) is 14.6. The molecule has 4 aromatic rings. The van der Waals surface area contributed by atoms with Gasteiger partial charge in [0.15, 0.2) is 11.5 Å². The molecule has 0 saturated carbocycles. The van der Waals surface area contributed by atoms with Gasteiger partial charge in [0.2, 0.25) is 0 Å². The van der Waals surface area contributed by atoms with Crippen LogP contribution in [0.15, 0.2) is 43.1 Å². The number of rotatable bonds is 8. The highest BCUT2D eigenvalue weighted by Gasteiger charge is 2.10. The van der Waals surface area contributed by atoms with Crippen LogP contribution in [0.4, 0.5) is 5.82 Å². The predicted molar refractivity (Wildman–Crippen MR) is 110 cm³/mol. The maximum absolute atomic E-state index is 11.5. The Labute approximate surface area is 172 Å². The molecule has 2 N–H and O–H groups in total. The molecule has 0 radical (unpaired) electrons. The van der Waals surface area contributed by atoms with E-state index in [-0.39, 0.29) is 5.97 Å². The van der Waals surface area contributed by atoms with Crippen LogP contribution in [0.1, 0.15) is 34.5 Å².